The minimum atomic E-state index is -2.42. The molecule has 0 saturated heterocycles. The molecule has 35 heavy (non-hydrogen) atoms. The molecule has 1 amide bonds. The van der Waals surface area contributed by atoms with Crippen LogP contribution in [0.15, 0.2) is 66.9 Å². The van der Waals surface area contributed by atoms with E-state index in [0.717, 1.165) is 52.3 Å². The molecule has 1 saturated carbocycles. The summed E-state index contributed by atoms with van der Waals surface area (Å²) in [5, 5.41) is 1.19. The molecule has 1 aliphatic carbocycles. The third kappa shape index (κ3) is 4.66. The number of nitrogens with zero attached hydrogens (tertiary/aromatic N) is 3. The molecule has 1 unspecified atom stereocenters. The first kappa shape index (κ1) is 23.5. The second-order valence-electron chi connectivity index (χ2n) is 9.19. The van der Waals surface area contributed by atoms with Crippen molar-refractivity contribution in [2.45, 2.75) is 46.1 Å². The number of amides is 1. The minimum Gasteiger partial charge on any atom is -0.325 e. The average Bonchev–Trinajstić information content (AvgIpc) is 3.65. The molecule has 1 fully saturated rings. The molecule has 1 N–H and O–H groups in total. The van der Waals surface area contributed by atoms with E-state index in [-0.39, 0.29) is 11.8 Å². The molecule has 6 nitrogen and oxygen atoms in total. The lowest BCUT2D eigenvalue weighted by molar-refractivity contribution is -0.118. The summed E-state index contributed by atoms with van der Waals surface area (Å²) >= 11 is -2.42. The maximum absolute atomic E-state index is 12.7. The molecule has 2 aromatic heterocycles. The number of para-hydroxylation sites is 1. The Morgan fingerprint density at radius 3 is 2.57 bits per heavy atom. The van der Waals surface area contributed by atoms with Crippen LogP contribution in [-0.2, 0) is 29.0 Å². The normalized spacial score (nSPS) is 14.3. The lowest BCUT2D eigenvalue weighted by Crippen LogP contribution is -2.34. The monoisotopic (exact) mass is 487 g/mol. The second kappa shape index (κ2) is 9.76. The largest absolute Gasteiger partial charge is 0.325 e. The lowest BCUT2D eigenvalue weighted by atomic mass is 10.0. The van der Waals surface area contributed by atoms with Crippen molar-refractivity contribution in [1.82, 2.24) is 9.55 Å². The number of benzene rings is 2. The van der Waals surface area contributed by atoms with Gasteiger partial charge in [0.1, 0.15) is 5.65 Å². The number of hydrogen-bond donors (Lipinski definition) is 1. The molecule has 7 heteroatoms. The summed E-state index contributed by atoms with van der Waals surface area (Å²) in [5.41, 5.74) is 6.75. The number of hydrogen-bond acceptors (Lipinski definition) is 3. The van der Waals surface area contributed by atoms with Crippen molar-refractivity contribution in [1.29, 1.82) is 0 Å². The Balaban J connectivity index is 1.47. The number of carbonyl (C=O) groups excluding carboxylic acids is 1. The van der Waals surface area contributed by atoms with Gasteiger partial charge in [0.2, 0.25) is 5.91 Å². The van der Waals surface area contributed by atoms with Gasteiger partial charge in [0, 0.05) is 35.3 Å². The average molecular weight is 488 g/mol. The highest BCUT2D eigenvalue weighted by Crippen LogP contribution is 2.37. The fourth-order valence-electron chi connectivity index (χ4n) is 4.61. The van der Waals surface area contributed by atoms with Crippen molar-refractivity contribution in [2.24, 2.45) is 5.92 Å². The van der Waals surface area contributed by atoms with E-state index in [1.807, 2.05) is 36.5 Å². The predicted molar refractivity (Wildman–Crippen MR) is 140 cm³/mol. The maximum Gasteiger partial charge on any atom is 0.268 e. The van der Waals surface area contributed by atoms with E-state index in [0.29, 0.717) is 12.2 Å². The number of anilines is 1. The molecule has 2 aromatic carbocycles. The van der Waals surface area contributed by atoms with Crippen LogP contribution in [0.1, 0.15) is 43.0 Å². The zero-order valence-corrected chi connectivity index (χ0v) is 20.8. The first-order valence-corrected chi connectivity index (χ1v) is 13.1. The Kier molecular flexibility index (Phi) is 6.54. The van der Waals surface area contributed by atoms with Gasteiger partial charge < -0.3 is 4.57 Å². The Hall–Kier alpha value is -3.29. The van der Waals surface area contributed by atoms with Crippen molar-refractivity contribution in [3.63, 3.8) is 0 Å². The Labute approximate surface area is 208 Å². The van der Waals surface area contributed by atoms with E-state index in [4.69, 9.17) is 0 Å². The number of carbonyl (C=O) groups is 1. The Morgan fingerprint density at radius 2 is 1.89 bits per heavy atom. The molecule has 0 spiro atoms. The zero-order valence-electron chi connectivity index (χ0n) is 20.0. The van der Waals surface area contributed by atoms with Crippen molar-refractivity contribution < 1.29 is 13.6 Å². The summed E-state index contributed by atoms with van der Waals surface area (Å²) in [7, 11) is 0. The van der Waals surface area contributed by atoms with Gasteiger partial charge in [-0.15, -0.1) is 0 Å². The standard InChI is InChI=1S/C28H29N3O3S/c1-3-6-23-17-25-19(2)15-16-29-27(25)30(23)18-20-9-11-21(12-10-20)24-7-4-5-8-26(24)31(35(33)34)28(32)22-13-14-22/h4-5,7-12,15-17,22H,3,6,13-14,18H2,1-2H3,(H,33,34). The van der Waals surface area contributed by atoms with Crippen LogP contribution >= 0.6 is 0 Å². The first-order chi connectivity index (χ1) is 17.0. The Morgan fingerprint density at radius 1 is 1.14 bits per heavy atom. The number of pyridine rings is 1. The molecule has 180 valence electrons. The van der Waals surface area contributed by atoms with Crippen molar-refractivity contribution >= 4 is 33.9 Å². The fraction of sp³-hybridized carbons (Fsp3) is 0.286. The zero-order chi connectivity index (χ0) is 24.5. The summed E-state index contributed by atoms with van der Waals surface area (Å²) in [4.78, 5) is 17.4. The van der Waals surface area contributed by atoms with E-state index in [1.165, 1.54) is 16.6 Å². The quantitative estimate of drug-likeness (QED) is 0.314. The van der Waals surface area contributed by atoms with E-state index in [9.17, 15) is 13.6 Å². The topological polar surface area (TPSA) is 75.4 Å². The smallest absolute Gasteiger partial charge is 0.268 e. The summed E-state index contributed by atoms with van der Waals surface area (Å²) in [6.07, 6.45) is 5.46. The van der Waals surface area contributed by atoms with Crippen LogP contribution in [0.2, 0.25) is 0 Å². The highest BCUT2D eigenvalue weighted by Gasteiger charge is 2.37. The minimum absolute atomic E-state index is 0.160. The lowest BCUT2D eigenvalue weighted by Gasteiger charge is -2.21. The molecule has 4 aromatic rings. The van der Waals surface area contributed by atoms with Gasteiger partial charge in [0.25, 0.3) is 11.3 Å². The van der Waals surface area contributed by atoms with E-state index < -0.39 is 11.3 Å². The number of fused-ring (bicyclic) bond motifs is 1. The van der Waals surface area contributed by atoms with Crippen LogP contribution in [0, 0.1) is 12.8 Å². The van der Waals surface area contributed by atoms with Crippen LogP contribution in [0.3, 0.4) is 0 Å². The van der Waals surface area contributed by atoms with E-state index in [1.54, 1.807) is 12.1 Å². The third-order valence-corrected chi connectivity index (χ3v) is 7.31. The molecular formula is C28H29N3O3S. The molecule has 5 rings (SSSR count). The van der Waals surface area contributed by atoms with Gasteiger partial charge >= 0.3 is 0 Å². The highest BCUT2D eigenvalue weighted by molar-refractivity contribution is 7.81. The van der Waals surface area contributed by atoms with Crippen LogP contribution in [0.25, 0.3) is 22.2 Å². The summed E-state index contributed by atoms with van der Waals surface area (Å²) in [6.45, 7) is 5.02. The van der Waals surface area contributed by atoms with Gasteiger partial charge in [-0.25, -0.2) is 13.5 Å². The van der Waals surface area contributed by atoms with Gasteiger partial charge in [0.05, 0.1) is 5.69 Å². The van der Waals surface area contributed by atoms with Gasteiger partial charge in [-0.3, -0.25) is 9.35 Å². The van der Waals surface area contributed by atoms with Crippen molar-refractivity contribution in [3.8, 4) is 11.1 Å². The van der Waals surface area contributed by atoms with Crippen molar-refractivity contribution in [3.05, 3.63) is 83.7 Å². The fourth-order valence-corrected chi connectivity index (χ4v) is 5.24. The van der Waals surface area contributed by atoms with Crippen LogP contribution in [-0.4, -0.2) is 24.2 Å². The van der Waals surface area contributed by atoms with Crippen LogP contribution in [0.4, 0.5) is 5.69 Å². The van der Waals surface area contributed by atoms with Gasteiger partial charge in [0.15, 0.2) is 0 Å². The number of aromatic nitrogens is 2. The van der Waals surface area contributed by atoms with Gasteiger partial charge in [-0.2, -0.15) is 0 Å². The van der Waals surface area contributed by atoms with E-state index in [2.05, 4.69) is 41.6 Å². The number of rotatable bonds is 8. The highest BCUT2D eigenvalue weighted by atomic mass is 32.2. The van der Waals surface area contributed by atoms with Gasteiger partial charge in [-0.1, -0.05) is 55.8 Å². The molecule has 0 bridgehead atoms. The number of aryl methyl sites for hydroxylation is 2. The second-order valence-corrected chi connectivity index (χ2v) is 10.0. The molecule has 2 heterocycles. The van der Waals surface area contributed by atoms with Crippen LogP contribution in [0.5, 0.6) is 0 Å². The summed E-state index contributed by atoms with van der Waals surface area (Å²) in [5.74, 6) is -0.451. The first-order valence-electron chi connectivity index (χ1n) is 12.0. The SMILES string of the molecule is CCCc1cc2c(C)ccnc2n1Cc1ccc(-c2ccccc2N(C(=O)C2CC2)S(=O)O)cc1. The molecular weight excluding hydrogens is 458 g/mol. The predicted octanol–water partition coefficient (Wildman–Crippen LogP) is 5.89. The molecule has 0 radical (unpaired) electrons. The molecule has 1 aliphatic rings. The van der Waals surface area contributed by atoms with Crippen molar-refractivity contribution in [2.75, 3.05) is 4.31 Å². The molecule has 1 atom stereocenters. The summed E-state index contributed by atoms with van der Waals surface area (Å²) in [6, 6.07) is 19.8. The Bertz CT molecular complexity index is 1410. The molecule has 0 aliphatic heterocycles. The van der Waals surface area contributed by atoms with Crippen LogP contribution < -0.4 is 4.31 Å². The summed E-state index contributed by atoms with van der Waals surface area (Å²) < 4.78 is 25.3. The maximum atomic E-state index is 12.7. The van der Waals surface area contributed by atoms with Gasteiger partial charge in [-0.05, 0) is 61.1 Å². The van der Waals surface area contributed by atoms with E-state index >= 15 is 0 Å². The third-order valence-electron chi connectivity index (χ3n) is 6.62.